The number of piperidine rings is 1. The van der Waals surface area contributed by atoms with Gasteiger partial charge in [-0.3, -0.25) is 4.79 Å². The summed E-state index contributed by atoms with van der Waals surface area (Å²) in [6, 6.07) is 44.2. The van der Waals surface area contributed by atoms with Gasteiger partial charge in [0.2, 0.25) is 5.91 Å². The van der Waals surface area contributed by atoms with E-state index in [0.29, 0.717) is 26.2 Å². The Morgan fingerprint density at radius 3 is 2.14 bits per heavy atom. The number of likely N-dealkylation sites (tertiary alicyclic amines) is 1. The number of hydrogen-bond acceptors (Lipinski definition) is 7. The molecular weight excluding hydrogens is 703 g/mol. The van der Waals surface area contributed by atoms with E-state index in [1.165, 1.54) is 0 Å². The van der Waals surface area contributed by atoms with Crippen molar-refractivity contribution in [1.82, 2.24) is 20.9 Å². The van der Waals surface area contributed by atoms with E-state index in [4.69, 9.17) is 9.47 Å². The van der Waals surface area contributed by atoms with Gasteiger partial charge >= 0.3 is 6.03 Å². The molecule has 288 valence electrons. The van der Waals surface area contributed by atoms with Gasteiger partial charge in [-0.2, -0.15) is 0 Å². The van der Waals surface area contributed by atoms with Crippen LogP contribution in [0, 0.1) is 0 Å². The lowest BCUT2D eigenvalue weighted by Crippen LogP contribution is -2.57. The van der Waals surface area contributed by atoms with Gasteiger partial charge in [-0.15, -0.1) is 0 Å². The molecule has 3 fully saturated rings. The molecule has 8 rings (SSSR count). The maximum absolute atomic E-state index is 13.3. The van der Waals surface area contributed by atoms with Crippen LogP contribution in [0.15, 0.2) is 133 Å². The lowest BCUT2D eigenvalue weighted by molar-refractivity contribution is -0.253. The fourth-order valence-corrected chi connectivity index (χ4v) is 8.25. The number of anilines is 1. The molecule has 0 radical (unpaired) electrons. The minimum atomic E-state index is -0.583. The summed E-state index contributed by atoms with van der Waals surface area (Å²) < 4.78 is 13.4. The SMILES string of the molecule is O=C(NCc1ccccc1)NCc1ccccc1-c1ccc([C@H]2O[C@@H](CN3CCC4(CC3)C(=O)NCN4c3ccccc3)C[C@@H](c3ccc(CO)cc3)O2)cc1. The number of carbonyl (C=O) groups is 2. The maximum atomic E-state index is 13.3. The number of ether oxygens (including phenoxy) is 2. The Bertz CT molecular complexity index is 2070. The van der Waals surface area contributed by atoms with Crippen LogP contribution in [0.25, 0.3) is 11.1 Å². The molecule has 0 saturated carbocycles. The van der Waals surface area contributed by atoms with E-state index >= 15 is 0 Å². The summed E-state index contributed by atoms with van der Waals surface area (Å²) in [4.78, 5) is 30.6. The fourth-order valence-electron chi connectivity index (χ4n) is 8.25. The Morgan fingerprint density at radius 2 is 1.41 bits per heavy atom. The van der Waals surface area contributed by atoms with Crippen LogP contribution in [-0.4, -0.2) is 59.9 Å². The molecular formula is C46H49N5O5. The Hall–Kier alpha value is -5.52. The third kappa shape index (κ3) is 8.34. The summed E-state index contributed by atoms with van der Waals surface area (Å²) in [6.07, 6.45) is 1.28. The van der Waals surface area contributed by atoms with Gasteiger partial charge in [-0.25, -0.2) is 4.79 Å². The van der Waals surface area contributed by atoms with E-state index in [9.17, 15) is 14.7 Å². The first-order valence-corrected chi connectivity index (χ1v) is 19.6. The molecule has 0 aliphatic carbocycles. The standard InChI is InChI=1S/C46H49N5O5/c52-31-34-15-17-36(18-16-34)42-27-40(30-50-25-23-46(24-26-50)44(53)49-32-51(46)39-12-5-2-6-13-39)55-43(56-42)37-21-19-35(20-22-37)41-14-8-7-11-38(41)29-48-45(54)47-28-33-9-3-1-4-10-33/h1-22,40,42-43,52H,23-32H2,(H,49,53)(H2,47,48,54)/t40-,42+,43+/m1/s1. The first kappa shape index (κ1) is 37.4. The molecule has 10 heteroatoms. The Labute approximate surface area is 328 Å². The summed E-state index contributed by atoms with van der Waals surface area (Å²) in [5.74, 6) is 0.112. The number of hydrogen-bond donors (Lipinski definition) is 4. The quantitative estimate of drug-likeness (QED) is 0.117. The zero-order chi connectivity index (χ0) is 38.3. The maximum Gasteiger partial charge on any atom is 0.315 e. The van der Waals surface area contributed by atoms with Crippen LogP contribution in [0.4, 0.5) is 10.5 Å². The average Bonchev–Trinajstić information content (AvgIpc) is 3.57. The van der Waals surface area contributed by atoms with Crippen LogP contribution < -0.4 is 20.9 Å². The Kier molecular flexibility index (Phi) is 11.4. The van der Waals surface area contributed by atoms with Gasteiger partial charge in [0.25, 0.3) is 0 Å². The second-order valence-electron chi connectivity index (χ2n) is 14.9. The minimum absolute atomic E-state index is 0.0106. The number of carbonyl (C=O) groups excluding carboxylic acids is 2. The number of benzene rings is 5. The number of aliphatic hydroxyl groups is 1. The zero-order valence-corrected chi connectivity index (χ0v) is 31.5. The van der Waals surface area contributed by atoms with Crippen molar-refractivity contribution in [2.24, 2.45) is 0 Å². The van der Waals surface area contributed by atoms with E-state index in [2.05, 4.69) is 68.2 Å². The van der Waals surface area contributed by atoms with Crippen molar-refractivity contribution in [2.75, 3.05) is 31.2 Å². The monoisotopic (exact) mass is 751 g/mol. The number of nitrogens with zero attached hydrogens (tertiary/aromatic N) is 2. The molecule has 1 spiro atoms. The van der Waals surface area contributed by atoms with Crippen molar-refractivity contribution in [3.05, 3.63) is 161 Å². The Balaban J connectivity index is 0.947. The molecule has 4 N–H and O–H groups in total. The van der Waals surface area contributed by atoms with E-state index in [0.717, 1.165) is 77.1 Å². The number of amides is 3. The third-order valence-corrected chi connectivity index (χ3v) is 11.4. The van der Waals surface area contributed by atoms with E-state index in [1.54, 1.807) is 0 Å². The van der Waals surface area contributed by atoms with Crippen molar-refractivity contribution in [3.8, 4) is 11.1 Å². The normalized spacial score (nSPS) is 20.8. The van der Waals surface area contributed by atoms with Gasteiger partial charge in [0.1, 0.15) is 5.54 Å². The highest BCUT2D eigenvalue weighted by Gasteiger charge is 2.50. The van der Waals surface area contributed by atoms with Gasteiger partial charge in [0, 0.05) is 50.4 Å². The fraction of sp³-hybridized carbons (Fsp3) is 0.304. The molecule has 3 aliphatic rings. The van der Waals surface area contributed by atoms with E-state index in [-0.39, 0.29) is 30.8 Å². The Morgan fingerprint density at radius 1 is 0.750 bits per heavy atom. The van der Waals surface area contributed by atoms with E-state index < -0.39 is 11.8 Å². The molecule has 0 aromatic heterocycles. The first-order valence-electron chi connectivity index (χ1n) is 19.6. The molecule has 3 heterocycles. The first-order chi connectivity index (χ1) is 27.5. The van der Waals surface area contributed by atoms with Crippen molar-refractivity contribution >= 4 is 17.6 Å². The van der Waals surface area contributed by atoms with Crippen LogP contribution in [0.2, 0.25) is 0 Å². The summed E-state index contributed by atoms with van der Waals surface area (Å²) in [5, 5.41) is 18.7. The van der Waals surface area contributed by atoms with Gasteiger partial charge in [-0.05, 0) is 58.4 Å². The number of urea groups is 1. The molecule has 3 saturated heterocycles. The van der Waals surface area contributed by atoms with Crippen molar-refractivity contribution in [1.29, 1.82) is 0 Å². The topological polar surface area (TPSA) is 115 Å². The van der Waals surface area contributed by atoms with Crippen LogP contribution in [-0.2, 0) is 34.0 Å². The third-order valence-electron chi connectivity index (χ3n) is 11.4. The predicted molar refractivity (Wildman–Crippen MR) is 216 cm³/mol. The number of nitrogens with one attached hydrogen (secondary N) is 3. The van der Waals surface area contributed by atoms with Crippen LogP contribution in [0.1, 0.15) is 59.5 Å². The molecule has 3 amide bonds. The second kappa shape index (κ2) is 17.1. The van der Waals surface area contributed by atoms with Crippen LogP contribution in [0.5, 0.6) is 0 Å². The van der Waals surface area contributed by atoms with Gasteiger partial charge in [0.15, 0.2) is 6.29 Å². The predicted octanol–water partition coefficient (Wildman–Crippen LogP) is 6.82. The molecule has 5 aromatic rings. The molecule has 0 unspecified atom stereocenters. The lowest BCUT2D eigenvalue weighted by atomic mass is 9.85. The summed E-state index contributed by atoms with van der Waals surface area (Å²) >= 11 is 0. The highest BCUT2D eigenvalue weighted by atomic mass is 16.7. The molecule has 5 aromatic carbocycles. The highest BCUT2D eigenvalue weighted by Crippen LogP contribution is 2.40. The lowest BCUT2D eigenvalue weighted by Gasteiger charge is -2.45. The molecule has 0 bridgehead atoms. The van der Waals surface area contributed by atoms with Crippen molar-refractivity contribution in [3.63, 3.8) is 0 Å². The average molecular weight is 752 g/mol. The van der Waals surface area contributed by atoms with Crippen molar-refractivity contribution in [2.45, 2.75) is 63.0 Å². The summed E-state index contributed by atoms with van der Waals surface area (Å²) in [5.41, 5.74) is 7.47. The van der Waals surface area contributed by atoms with Gasteiger partial charge in [-0.1, -0.05) is 121 Å². The smallest absolute Gasteiger partial charge is 0.315 e. The van der Waals surface area contributed by atoms with Gasteiger partial charge < -0.3 is 40.3 Å². The van der Waals surface area contributed by atoms with Crippen LogP contribution >= 0.6 is 0 Å². The van der Waals surface area contributed by atoms with E-state index in [1.807, 2.05) is 91.0 Å². The zero-order valence-electron chi connectivity index (χ0n) is 31.5. The number of aliphatic hydroxyl groups excluding tert-OH is 1. The minimum Gasteiger partial charge on any atom is -0.392 e. The van der Waals surface area contributed by atoms with Crippen LogP contribution in [0.3, 0.4) is 0 Å². The number of para-hydroxylation sites is 1. The molecule has 56 heavy (non-hydrogen) atoms. The molecule has 3 atom stereocenters. The van der Waals surface area contributed by atoms with Crippen molar-refractivity contribution < 1.29 is 24.2 Å². The molecule has 3 aliphatic heterocycles. The molecule has 10 nitrogen and oxygen atoms in total. The summed E-state index contributed by atoms with van der Waals surface area (Å²) in [7, 11) is 0. The summed E-state index contributed by atoms with van der Waals surface area (Å²) in [6.45, 7) is 3.66. The highest BCUT2D eigenvalue weighted by molar-refractivity contribution is 5.93. The van der Waals surface area contributed by atoms with Gasteiger partial charge in [0.05, 0.1) is 25.5 Å². The number of rotatable bonds is 11. The largest absolute Gasteiger partial charge is 0.392 e. The second-order valence-corrected chi connectivity index (χ2v) is 14.9.